The minimum atomic E-state index is 0.374. The second-order valence-corrected chi connectivity index (χ2v) is 8.46. The highest BCUT2D eigenvalue weighted by molar-refractivity contribution is 9.10. The molecule has 0 saturated heterocycles. The molecule has 1 heterocycles. The Balaban J connectivity index is 1.68. The molecule has 0 bridgehead atoms. The molecule has 0 amide bonds. The van der Waals surface area contributed by atoms with E-state index in [2.05, 4.69) is 49.8 Å². The van der Waals surface area contributed by atoms with Crippen LogP contribution in [0, 0.1) is 13.8 Å². The van der Waals surface area contributed by atoms with Gasteiger partial charge in [0.15, 0.2) is 11.0 Å². The van der Waals surface area contributed by atoms with E-state index < -0.39 is 0 Å². The molecule has 142 valence electrons. The molecule has 3 aromatic rings. The summed E-state index contributed by atoms with van der Waals surface area (Å²) >= 11 is 11.4. The number of benzene rings is 2. The molecule has 0 aliphatic heterocycles. The SMILES string of the molecule is CCn1c(COc2cc(C)c(Cl)c(C)c2)nnc1SCc1cccc(Br)c1. The molecule has 0 atom stereocenters. The molecule has 0 spiro atoms. The highest BCUT2D eigenvalue weighted by Gasteiger charge is 2.13. The Morgan fingerprint density at radius 2 is 1.89 bits per heavy atom. The first-order valence-electron chi connectivity index (χ1n) is 8.66. The lowest BCUT2D eigenvalue weighted by Crippen LogP contribution is -2.07. The van der Waals surface area contributed by atoms with Crippen molar-refractivity contribution in [1.29, 1.82) is 0 Å². The van der Waals surface area contributed by atoms with E-state index in [4.69, 9.17) is 16.3 Å². The highest BCUT2D eigenvalue weighted by atomic mass is 79.9. The zero-order valence-corrected chi connectivity index (χ0v) is 18.7. The van der Waals surface area contributed by atoms with Gasteiger partial charge in [-0.15, -0.1) is 10.2 Å². The molecule has 27 heavy (non-hydrogen) atoms. The highest BCUT2D eigenvalue weighted by Crippen LogP contribution is 2.27. The fourth-order valence-electron chi connectivity index (χ4n) is 2.76. The van der Waals surface area contributed by atoms with Crippen LogP contribution in [0.3, 0.4) is 0 Å². The first-order chi connectivity index (χ1) is 13.0. The Hall–Kier alpha value is -1.50. The van der Waals surface area contributed by atoms with Gasteiger partial charge in [0.2, 0.25) is 0 Å². The maximum Gasteiger partial charge on any atom is 0.191 e. The first kappa shape index (κ1) is 20.2. The Labute approximate surface area is 177 Å². The van der Waals surface area contributed by atoms with Gasteiger partial charge in [0.25, 0.3) is 0 Å². The summed E-state index contributed by atoms with van der Waals surface area (Å²) in [4.78, 5) is 0. The molecule has 2 aromatic carbocycles. The van der Waals surface area contributed by atoms with Gasteiger partial charge in [-0.25, -0.2) is 0 Å². The monoisotopic (exact) mass is 465 g/mol. The van der Waals surface area contributed by atoms with Gasteiger partial charge in [-0.05, 0) is 61.7 Å². The van der Waals surface area contributed by atoms with Gasteiger partial charge in [-0.1, -0.05) is 51.4 Å². The molecular formula is C20H21BrClN3OS. The minimum Gasteiger partial charge on any atom is -0.486 e. The largest absolute Gasteiger partial charge is 0.486 e. The van der Waals surface area contributed by atoms with Crippen LogP contribution in [0.2, 0.25) is 5.02 Å². The predicted molar refractivity (Wildman–Crippen MR) is 115 cm³/mol. The third-order valence-electron chi connectivity index (χ3n) is 4.14. The summed E-state index contributed by atoms with van der Waals surface area (Å²) in [5.74, 6) is 2.46. The molecule has 0 fully saturated rings. The van der Waals surface area contributed by atoms with E-state index in [1.54, 1.807) is 11.8 Å². The van der Waals surface area contributed by atoms with Crippen molar-refractivity contribution >= 4 is 39.3 Å². The van der Waals surface area contributed by atoms with Crippen LogP contribution in [0.4, 0.5) is 0 Å². The second-order valence-electron chi connectivity index (χ2n) is 6.22. The lowest BCUT2D eigenvalue weighted by atomic mass is 10.1. The van der Waals surface area contributed by atoms with Crippen molar-refractivity contribution in [1.82, 2.24) is 14.8 Å². The van der Waals surface area contributed by atoms with Crippen molar-refractivity contribution in [3.63, 3.8) is 0 Å². The molecule has 0 aliphatic carbocycles. The molecule has 4 nitrogen and oxygen atoms in total. The molecule has 0 radical (unpaired) electrons. The zero-order valence-electron chi connectivity index (χ0n) is 15.5. The number of aryl methyl sites for hydroxylation is 2. The van der Waals surface area contributed by atoms with Crippen LogP contribution in [-0.4, -0.2) is 14.8 Å². The van der Waals surface area contributed by atoms with Crippen LogP contribution in [-0.2, 0) is 18.9 Å². The van der Waals surface area contributed by atoms with Gasteiger partial charge in [0, 0.05) is 21.8 Å². The first-order valence-corrected chi connectivity index (χ1v) is 10.8. The summed E-state index contributed by atoms with van der Waals surface area (Å²) in [5.41, 5.74) is 3.26. The summed E-state index contributed by atoms with van der Waals surface area (Å²) in [6.45, 7) is 7.22. The summed E-state index contributed by atoms with van der Waals surface area (Å²) < 4.78 is 9.12. The fourth-order valence-corrected chi connectivity index (χ4v) is 4.28. The van der Waals surface area contributed by atoms with Gasteiger partial charge in [0.1, 0.15) is 12.4 Å². The molecule has 1 aromatic heterocycles. The van der Waals surface area contributed by atoms with Gasteiger partial charge in [-0.3, -0.25) is 0 Å². The van der Waals surface area contributed by atoms with E-state index in [1.807, 2.05) is 38.1 Å². The molecular weight excluding hydrogens is 446 g/mol. The lowest BCUT2D eigenvalue weighted by molar-refractivity contribution is 0.288. The predicted octanol–water partition coefficient (Wildman–Crippen LogP) is 6.20. The molecule has 0 aliphatic rings. The second kappa shape index (κ2) is 9.13. The lowest BCUT2D eigenvalue weighted by Gasteiger charge is -2.11. The number of nitrogens with zero attached hydrogens (tertiary/aromatic N) is 3. The standard InChI is InChI=1S/C20H21BrClN3OS/c1-4-25-18(11-26-17-8-13(2)19(22)14(3)9-17)23-24-20(25)27-12-15-6-5-7-16(21)10-15/h5-10H,4,11-12H2,1-3H3. The van der Waals surface area contributed by atoms with E-state index in [0.717, 1.165) is 49.7 Å². The quantitative estimate of drug-likeness (QED) is 0.389. The van der Waals surface area contributed by atoms with Crippen LogP contribution in [0.1, 0.15) is 29.4 Å². The van der Waals surface area contributed by atoms with Crippen molar-refractivity contribution in [2.24, 2.45) is 0 Å². The van der Waals surface area contributed by atoms with Crippen LogP contribution >= 0.6 is 39.3 Å². The van der Waals surface area contributed by atoms with Crippen molar-refractivity contribution in [2.75, 3.05) is 0 Å². The third-order valence-corrected chi connectivity index (χ3v) is 6.27. The molecule has 0 unspecified atom stereocenters. The maximum absolute atomic E-state index is 6.23. The van der Waals surface area contributed by atoms with Crippen LogP contribution in [0.15, 0.2) is 46.0 Å². The van der Waals surface area contributed by atoms with Crippen LogP contribution in [0.5, 0.6) is 5.75 Å². The summed E-state index contributed by atoms with van der Waals surface area (Å²) in [5, 5.41) is 10.4. The molecule has 0 N–H and O–H groups in total. The van der Waals surface area contributed by atoms with Crippen molar-refractivity contribution in [3.05, 3.63) is 68.4 Å². The average molecular weight is 467 g/mol. The Bertz CT molecular complexity index is 922. The van der Waals surface area contributed by atoms with Crippen LogP contribution < -0.4 is 4.74 Å². The molecule has 3 rings (SSSR count). The van der Waals surface area contributed by atoms with E-state index >= 15 is 0 Å². The summed E-state index contributed by atoms with van der Waals surface area (Å²) in [6, 6.07) is 12.2. The van der Waals surface area contributed by atoms with Crippen molar-refractivity contribution in [2.45, 2.75) is 44.8 Å². The summed E-state index contributed by atoms with van der Waals surface area (Å²) in [6.07, 6.45) is 0. The third kappa shape index (κ3) is 5.06. The van der Waals surface area contributed by atoms with Gasteiger partial charge < -0.3 is 9.30 Å². The number of hydrogen-bond acceptors (Lipinski definition) is 4. The number of rotatable bonds is 7. The van der Waals surface area contributed by atoms with E-state index in [1.165, 1.54) is 5.56 Å². The molecule has 0 saturated carbocycles. The van der Waals surface area contributed by atoms with Crippen LogP contribution in [0.25, 0.3) is 0 Å². The van der Waals surface area contributed by atoms with E-state index in [9.17, 15) is 0 Å². The number of ether oxygens (including phenoxy) is 1. The van der Waals surface area contributed by atoms with Gasteiger partial charge in [0.05, 0.1) is 0 Å². The normalized spacial score (nSPS) is 11.0. The maximum atomic E-state index is 6.23. The Kier molecular flexibility index (Phi) is 6.84. The minimum absolute atomic E-state index is 0.374. The van der Waals surface area contributed by atoms with Crippen molar-refractivity contribution < 1.29 is 4.74 Å². The van der Waals surface area contributed by atoms with Gasteiger partial charge >= 0.3 is 0 Å². The number of hydrogen-bond donors (Lipinski definition) is 0. The number of aromatic nitrogens is 3. The molecule has 7 heteroatoms. The van der Waals surface area contributed by atoms with E-state index in [-0.39, 0.29) is 0 Å². The smallest absolute Gasteiger partial charge is 0.191 e. The van der Waals surface area contributed by atoms with Crippen molar-refractivity contribution in [3.8, 4) is 5.75 Å². The Morgan fingerprint density at radius 3 is 2.56 bits per heavy atom. The average Bonchev–Trinajstić information content (AvgIpc) is 3.04. The van der Waals surface area contributed by atoms with Gasteiger partial charge in [-0.2, -0.15) is 0 Å². The number of thioether (sulfide) groups is 1. The van der Waals surface area contributed by atoms with E-state index in [0.29, 0.717) is 6.61 Å². The zero-order chi connectivity index (χ0) is 19.4. The topological polar surface area (TPSA) is 39.9 Å². The Morgan fingerprint density at radius 1 is 1.15 bits per heavy atom. The number of halogens is 2. The summed E-state index contributed by atoms with van der Waals surface area (Å²) in [7, 11) is 0. The fraction of sp³-hybridized carbons (Fsp3) is 0.300.